The first-order valence-electron chi connectivity index (χ1n) is 8.59. The second-order valence-electron chi connectivity index (χ2n) is 7.36. The number of rotatable bonds is 5. The normalized spacial score (nSPS) is 31.7. The van der Waals surface area contributed by atoms with Crippen LogP contribution >= 0.6 is 0 Å². The number of nitrogens with one attached hydrogen (secondary N) is 2. The summed E-state index contributed by atoms with van der Waals surface area (Å²) in [5, 5.41) is 6.72. The van der Waals surface area contributed by atoms with E-state index in [-0.39, 0.29) is 5.91 Å². The Morgan fingerprint density at radius 3 is 2.50 bits per heavy atom. The Labute approximate surface area is 124 Å². The van der Waals surface area contributed by atoms with Crippen LogP contribution in [-0.2, 0) is 4.79 Å². The van der Waals surface area contributed by atoms with Gasteiger partial charge in [0, 0.05) is 12.1 Å². The maximum absolute atomic E-state index is 12.2. The number of carbonyl (C=O) groups is 1. The van der Waals surface area contributed by atoms with E-state index in [2.05, 4.69) is 31.4 Å². The summed E-state index contributed by atoms with van der Waals surface area (Å²) >= 11 is 0. The quantitative estimate of drug-likeness (QED) is 0.812. The summed E-state index contributed by atoms with van der Waals surface area (Å²) in [6.45, 7) is 7.39. The van der Waals surface area contributed by atoms with Crippen molar-refractivity contribution in [3.05, 3.63) is 0 Å². The third-order valence-electron chi connectivity index (χ3n) is 5.28. The first-order valence-corrected chi connectivity index (χ1v) is 8.59. The van der Waals surface area contributed by atoms with E-state index in [0.29, 0.717) is 30.5 Å². The molecular weight excluding hydrogens is 248 g/mol. The lowest BCUT2D eigenvalue weighted by Crippen LogP contribution is -2.48. The van der Waals surface area contributed by atoms with Crippen molar-refractivity contribution in [2.45, 2.75) is 77.8 Å². The molecule has 2 saturated carbocycles. The van der Waals surface area contributed by atoms with E-state index in [9.17, 15) is 4.79 Å². The van der Waals surface area contributed by atoms with Gasteiger partial charge in [-0.1, -0.05) is 40.0 Å². The molecule has 0 spiro atoms. The van der Waals surface area contributed by atoms with Crippen molar-refractivity contribution in [2.75, 3.05) is 6.54 Å². The van der Waals surface area contributed by atoms with E-state index in [4.69, 9.17) is 0 Å². The second-order valence-corrected chi connectivity index (χ2v) is 7.36. The van der Waals surface area contributed by atoms with Crippen LogP contribution in [0.1, 0.15) is 65.7 Å². The SMILES string of the molecule is CC1CCC(C(C)C)C(NC(=O)CNC2CCCC2)C1. The van der Waals surface area contributed by atoms with Gasteiger partial charge in [0.15, 0.2) is 0 Å². The van der Waals surface area contributed by atoms with E-state index in [0.717, 1.165) is 12.3 Å². The van der Waals surface area contributed by atoms with Gasteiger partial charge in [0.25, 0.3) is 0 Å². The third kappa shape index (κ3) is 4.47. The van der Waals surface area contributed by atoms with Gasteiger partial charge in [-0.05, 0) is 43.4 Å². The molecule has 0 aromatic heterocycles. The van der Waals surface area contributed by atoms with Gasteiger partial charge in [-0.3, -0.25) is 4.79 Å². The highest BCUT2D eigenvalue weighted by Gasteiger charge is 2.31. The summed E-state index contributed by atoms with van der Waals surface area (Å²) in [5.41, 5.74) is 0. The largest absolute Gasteiger partial charge is 0.352 e. The Hall–Kier alpha value is -0.570. The molecule has 2 fully saturated rings. The molecule has 1 amide bonds. The van der Waals surface area contributed by atoms with E-state index >= 15 is 0 Å². The van der Waals surface area contributed by atoms with Gasteiger partial charge >= 0.3 is 0 Å². The zero-order chi connectivity index (χ0) is 14.5. The highest BCUT2D eigenvalue weighted by molar-refractivity contribution is 5.78. The van der Waals surface area contributed by atoms with Gasteiger partial charge in [-0.15, -0.1) is 0 Å². The van der Waals surface area contributed by atoms with Crippen molar-refractivity contribution in [3.63, 3.8) is 0 Å². The Balaban J connectivity index is 1.77. The predicted octanol–water partition coefficient (Wildman–Crippen LogP) is 3.10. The molecule has 0 heterocycles. The van der Waals surface area contributed by atoms with E-state index in [1.54, 1.807) is 0 Å². The summed E-state index contributed by atoms with van der Waals surface area (Å²) < 4.78 is 0. The molecule has 116 valence electrons. The second kappa shape index (κ2) is 7.44. The number of amides is 1. The van der Waals surface area contributed by atoms with Gasteiger partial charge in [0.2, 0.25) is 5.91 Å². The summed E-state index contributed by atoms with van der Waals surface area (Å²) in [6.07, 6.45) is 8.84. The van der Waals surface area contributed by atoms with Crippen LogP contribution in [-0.4, -0.2) is 24.5 Å². The standard InChI is InChI=1S/C17H32N2O/c1-12(2)15-9-8-13(3)10-16(15)19-17(20)11-18-14-6-4-5-7-14/h12-16,18H,4-11H2,1-3H3,(H,19,20). The summed E-state index contributed by atoms with van der Waals surface area (Å²) in [5.74, 6) is 2.26. The molecule has 3 nitrogen and oxygen atoms in total. The molecule has 0 aliphatic heterocycles. The van der Waals surface area contributed by atoms with E-state index in [1.807, 2.05) is 0 Å². The van der Waals surface area contributed by atoms with Crippen LogP contribution in [0.4, 0.5) is 0 Å². The molecule has 3 atom stereocenters. The molecule has 2 rings (SSSR count). The molecule has 2 aliphatic carbocycles. The number of hydrogen-bond acceptors (Lipinski definition) is 2. The van der Waals surface area contributed by atoms with Crippen LogP contribution in [0.3, 0.4) is 0 Å². The fourth-order valence-corrected chi connectivity index (χ4v) is 3.99. The van der Waals surface area contributed by atoms with Gasteiger partial charge in [-0.2, -0.15) is 0 Å². The minimum Gasteiger partial charge on any atom is -0.352 e. The van der Waals surface area contributed by atoms with Crippen molar-refractivity contribution in [2.24, 2.45) is 17.8 Å². The number of carbonyl (C=O) groups excluding carboxylic acids is 1. The van der Waals surface area contributed by atoms with E-state index < -0.39 is 0 Å². The lowest BCUT2D eigenvalue weighted by atomic mass is 9.74. The summed E-state index contributed by atoms with van der Waals surface area (Å²) in [6, 6.07) is 0.962. The van der Waals surface area contributed by atoms with Gasteiger partial charge in [0.1, 0.15) is 0 Å². The first-order chi connectivity index (χ1) is 9.56. The Morgan fingerprint density at radius 1 is 1.15 bits per heavy atom. The Morgan fingerprint density at radius 2 is 1.85 bits per heavy atom. The van der Waals surface area contributed by atoms with Crippen LogP contribution in [0.25, 0.3) is 0 Å². The van der Waals surface area contributed by atoms with Crippen molar-refractivity contribution in [3.8, 4) is 0 Å². The topological polar surface area (TPSA) is 41.1 Å². The monoisotopic (exact) mass is 280 g/mol. The lowest BCUT2D eigenvalue weighted by Gasteiger charge is -2.37. The maximum atomic E-state index is 12.2. The summed E-state index contributed by atoms with van der Waals surface area (Å²) in [7, 11) is 0. The van der Waals surface area contributed by atoms with Crippen molar-refractivity contribution in [1.29, 1.82) is 0 Å². The molecular formula is C17H32N2O. The van der Waals surface area contributed by atoms with Gasteiger partial charge in [0.05, 0.1) is 6.54 Å². The fourth-order valence-electron chi connectivity index (χ4n) is 3.99. The molecule has 0 radical (unpaired) electrons. The maximum Gasteiger partial charge on any atom is 0.234 e. The molecule has 3 unspecified atom stereocenters. The smallest absolute Gasteiger partial charge is 0.234 e. The first kappa shape index (κ1) is 15.8. The molecule has 2 N–H and O–H groups in total. The molecule has 20 heavy (non-hydrogen) atoms. The van der Waals surface area contributed by atoms with Crippen LogP contribution in [0, 0.1) is 17.8 Å². The van der Waals surface area contributed by atoms with Crippen molar-refractivity contribution >= 4 is 5.91 Å². The molecule has 2 aliphatic rings. The fraction of sp³-hybridized carbons (Fsp3) is 0.941. The third-order valence-corrected chi connectivity index (χ3v) is 5.28. The van der Waals surface area contributed by atoms with Crippen LogP contribution in [0.15, 0.2) is 0 Å². The zero-order valence-electron chi connectivity index (χ0n) is 13.5. The van der Waals surface area contributed by atoms with Crippen LogP contribution < -0.4 is 10.6 Å². The van der Waals surface area contributed by atoms with Gasteiger partial charge in [-0.25, -0.2) is 0 Å². The molecule has 3 heteroatoms. The Kier molecular flexibility index (Phi) is 5.88. The van der Waals surface area contributed by atoms with Crippen molar-refractivity contribution in [1.82, 2.24) is 10.6 Å². The zero-order valence-corrected chi connectivity index (χ0v) is 13.5. The van der Waals surface area contributed by atoms with Crippen LogP contribution in [0.2, 0.25) is 0 Å². The average Bonchev–Trinajstić information content (AvgIpc) is 2.89. The molecule has 0 saturated heterocycles. The van der Waals surface area contributed by atoms with Crippen LogP contribution in [0.5, 0.6) is 0 Å². The molecule has 0 aromatic rings. The predicted molar refractivity (Wildman–Crippen MR) is 83.5 cm³/mol. The number of hydrogen-bond donors (Lipinski definition) is 2. The molecule has 0 bridgehead atoms. The van der Waals surface area contributed by atoms with Gasteiger partial charge < -0.3 is 10.6 Å². The van der Waals surface area contributed by atoms with E-state index in [1.165, 1.54) is 38.5 Å². The highest BCUT2D eigenvalue weighted by Crippen LogP contribution is 2.33. The Bertz CT molecular complexity index is 310. The minimum absolute atomic E-state index is 0.196. The molecule has 0 aromatic carbocycles. The van der Waals surface area contributed by atoms with Crippen molar-refractivity contribution < 1.29 is 4.79 Å². The highest BCUT2D eigenvalue weighted by atomic mass is 16.2. The lowest BCUT2D eigenvalue weighted by molar-refractivity contribution is -0.122. The average molecular weight is 280 g/mol. The minimum atomic E-state index is 0.196. The summed E-state index contributed by atoms with van der Waals surface area (Å²) in [4.78, 5) is 12.2.